The largest absolute Gasteiger partial charge is 0.416 e. The molecule has 124 valence electrons. The quantitative estimate of drug-likeness (QED) is 0.794. The molecule has 0 bridgehead atoms. The van der Waals surface area contributed by atoms with Gasteiger partial charge >= 0.3 is 6.18 Å². The van der Waals surface area contributed by atoms with Crippen LogP contribution < -0.4 is 16.4 Å². The van der Waals surface area contributed by atoms with E-state index in [1.807, 2.05) is 20.8 Å². The SMILES string of the molecule is CC(C)(C)Nc1ncnc(Nc2ccc(C(F)(F)F)cc2)c1N. The van der Waals surface area contributed by atoms with E-state index in [1.165, 1.54) is 18.5 Å². The van der Waals surface area contributed by atoms with Crippen molar-refractivity contribution in [2.75, 3.05) is 16.4 Å². The second-order valence-electron chi connectivity index (χ2n) is 6.06. The van der Waals surface area contributed by atoms with Gasteiger partial charge in [0, 0.05) is 11.2 Å². The first-order chi connectivity index (χ1) is 10.6. The molecule has 0 amide bonds. The summed E-state index contributed by atoms with van der Waals surface area (Å²) in [4.78, 5) is 8.10. The number of nitrogen functional groups attached to an aromatic ring is 1. The van der Waals surface area contributed by atoms with E-state index < -0.39 is 11.7 Å². The lowest BCUT2D eigenvalue weighted by Gasteiger charge is -2.22. The third kappa shape index (κ3) is 4.48. The van der Waals surface area contributed by atoms with Gasteiger partial charge in [-0.3, -0.25) is 0 Å². The van der Waals surface area contributed by atoms with E-state index in [0.717, 1.165) is 12.1 Å². The summed E-state index contributed by atoms with van der Waals surface area (Å²) in [6, 6.07) is 4.63. The van der Waals surface area contributed by atoms with Crippen molar-refractivity contribution in [1.82, 2.24) is 9.97 Å². The van der Waals surface area contributed by atoms with Gasteiger partial charge in [0.05, 0.1) is 5.56 Å². The topological polar surface area (TPSA) is 75.9 Å². The lowest BCUT2D eigenvalue weighted by molar-refractivity contribution is -0.137. The van der Waals surface area contributed by atoms with Gasteiger partial charge in [0.1, 0.15) is 12.0 Å². The van der Waals surface area contributed by atoms with Gasteiger partial charge in [-0.25, -0.2) is 9.97 Å². The first-order valence-corrected chi connectivity index (χ1v) is 6.89. The number of nitrogens with one attached hydrogen (secondary N) is 2. The molecule has 0 saturated heterocycles. The van der Waals surface area contributed by atoms with E-state index in [-0.39, 0.29) is 5.54 Å². The molecule has 0 saturated carbocycles. The molecule has 0 aliphatic carbocycles. The van der Waals surface area contributed by atoms with Crippen molar-refractivity contribution in [3.05, 3.63) is 36.2 Å². The first kappa shape index (κ1) is 16.9. The Bertz CT molecular complexity index is 675. The number of halogens is 3. The Morgan fingerprint density at radius 2 is 1.52 bits per heavy atom. The molecule has 8 heteroatoms. The van der Waals surface area contributed by atoms with Gasteiger partial charge in [-0.15, -0.1) is 0 Å². The fourth-order valence-corrected chi connectivity index (χ4v) is 1.83. The van der Waals surface area contributed by atoms with Crippen LogP contribution in [0.5, 0.6) is 0 Å². The van der Waals surface area contributed by atoms with Crippen molar-refractivity contribution in [2.24, 2.45) is 0 Å². The highest BCUT2D eigenvalue weighted by Gasteiger charge is 2.30. The Kier molecular flexibility index (Phi) is 4.35. The van der Waals surface area contributed by atoms with Crippen molar-refractivity contribution in [3.63, 3.8) is 0 Å². The molecule has 0 unspecified atom stereocenters. The molecule has 0 aliphatic rings. The standard InChI is InChI=1S/C15H18F3N5/c1-14(2,3)23-13-11(19)12(20-8-21-13)22-10-6-4-9(5-7-10)15(16,17)18/h4-8H,19H2,1-3H3,(H2,20,21,22,23). The molecule has 2 aromatic rings. The molecule has 1 heterocycles. The Hall–Kier alpha value is -2.51. The van der Waals surface area contributed by atoms with E-state index >= 15 is 0 Å². The summed E-state index contributed by atoms with van der Waals surface area (Å²) in [6.45, 7) is 5.87. The fraction of sp³-hybridized carbons (Fsp3) is 0.333. The van der Waals surface area contributed by atoms with Crippen LogP contribution in [0.2, 0.25) is 0 Å². The van der Waals surface area contributed by atoms with Crippen molar-refractivity contribution in [3.8, 4) is 0 Å². The van der Waals surface area contributed by atoms with Crippen LogP contribution in [0.15, 0.2) is 30.6 Å². The van der Waals surface area contributed by atoms with Crippen LogP contribution in [0, 0.1) is 0 Å². The summed E-state index contributed by atoms with van der Waals surface area (Å²) >= 11 is 0. The number of alkyl halides is 3. The molecule has 0 spiro atoms. The highest BCUT2D eigenvalue weighted by molar-refractivity contribution is 5.77. The predicted octanol–water partition coefficient (Wildman–Crippen LogP) is 4.03. The second kappa shape index (κ2) is 5.94. The summed E-state index contributed by atoms with van der Waals surface area (Å²) in [6.07, 6.45) is -3.03. The molecule has 0 fully saturated rings. The summed E-state index contributed by atoms with van der Waals surface area (Å²) in [7, 11) is 0. The minimum Gasteiger partial charge on any atom is -0.393 e. The highest BCUT2D eigenvalue weighted by Crippen LogP contribution is 2.31. The summed E-state index contributed by atoms with van der Waals surface area (Å²) in [5, 5.41) is 6.03. The van der Waals surface area contributed by atoms with Crippen LogP contribution in [-0.2, 0) is 6.18 Å². The number of hydrogen-bond acceptors (Lipinski definition) is 5. The normalized spacial score (nSPS) is 12.1. The van der Waals surface area contributed by atoms with Gasteiger partial charge in [0.2, 0.25) is 0 Å². The van der Waals surface area contributed by atoms with Gasteiger partial charge in [0.25, 0.3) is 0 Å². The number of aromatic nitrogens is 2. The molecule has 1 aromatic heterocycles. The van der Waals surface area contributed by atoms with Crippen LogP contribution in [0.1, 0.15) is 26.3 Å². The minimum atomic E-state index is -4.36. The zero-order valence-corrected chi connectivity index (χ0v) is 13.0. The highest BCUT2D eigenvalue weighted by atomic mass is 19.4. The van der Waals surface area contributed by atoms with Crippen LogP contribution in [-0.4, -0.2) is 15.5 Å². The molecule has 0 radical (unpaired) electrons. The van der Waals surface area contributed by atoms with Crippen LogP contribution >= 0.6 is 0 Å². The summed E-state index contributed by atoms with van der Waals surface area (Å²) in [5.74, 6) is 0.786. The number of rotatable bonds is 3. The Labute approximate surface area is 132 Å². The van der Waals surface area contributed by atoms with Crippen LogP contribution in [0.3, 0.4) is 0 Å². The number of nitrogens with zero attached hydrogens (tertiary/aromatic N) is 2. The molecule has 23 heavy (non-hydrogen) atoms. The molecule has 1 aromatic carbocycles. The maximum atomic E-state index is 12.6. The van der Waals surface area contributed by atoms with Crippen molar-refractivity contribution >= 4 is 23.0 Å². The maximum absolute atomic E-state index is 12.6. The fourth-order valence-electron chi connectivity index (χ4n) is 1.83. The average Bonchev–Trinajstić information content (AvgIpc) is 2.41. The third-order valence-corrected chi connectivity index (χ3v) is 2.85. The van der Waals surface area contributed by atoms with E-state index in [4.69, 9.17) is 5.73 Å². The number of benzene rings is 1. The average molecular weight is 325 g/mol. The Morgan fingerprint density at radius 3 is 2.04 bits per heavy atom. The second-order valence-corrected chi connectivity index (χ2v) is 6.06. The van der Waals surface area contributed by atoms with Crippen molar-refractivity contribution < 1.29 is 13.2 Å². The lowest BCUT2D eigenvalue weighted by atomic mass is 10.1. The zero-order valence-electron chi connectivity index (χ0n) is 13.0. The predicted molar refractivity (Wildman–Crippen MR) is 84.5 cm³/mol. The van der Waals surface area contributed by atoms with Gasteiger partial charge in [-0.05, 0) is 45.0 Å². The van der Waals surface area contributed by atoms with Gasteiger partial charge in [-0.2, -0.15) is 13.2 Å². The van der Waals surface area contributed by atoms with Gasteiger partial charge in [0.15, 0.2) is 11.6 Å². The molecular weight excluding hydrogens is 307 g/mol. The Balaban J connectivity index is 2.22. The summed E-state index contributed by atoms with van der Waals surface area (Å²) in [5.41, 5.74) is 5.79. The van der Waals surface area contributed by atoms with E-state index in [2.05, 4.69) is 20.6 Å². The molecule has 4 N–H and O–H groups in total. The molecular formula is C15H18F3N5. The molecule has 0 atom stereocenters. The van der Waals surface area contributed by atoms with Crippen molar-refractivity contribution in [2.45, 2.75) is 32.5 Å². The van der Waals surface area contributed by atoms with Gasteiger partial charge in [-0.1, -0.05) is 0 Å². The van der Waals surface area contributed by atoms with E-state index in [1.54, 1.807) is 0 Å². The monoisotopic (exact) mass is 325 g/mol. The molecule has 0 aliphatic heterocycles. The minimum absolute atomic E-state index is 0.242. The van der Waals surface area contributed by atoms with Crippen LogP contribution in [0.4, 0.5) is 36.2 Å². The van der Waals surface area contributed by atoms with E-state index in [9.17, 15) is 13.2 Å². The van der Waals surface area contributed by atoms with Crippen molar-refractivity contribution in [1.29, 1.82) is 0 Å². The third-order valence-electron chi connectivity index (χ3n) is 2.85. The zero-order chi connectivity index (χ0) is 17.3. The van der Waals surface area contributed by atoms with E-state index in [0.29, 0.717) is 23.0 Å². The smallest absolute Gasteiger partial charge is 0.393 e. The molecule has 2 rings (SSSR count). The lowest BCUT2D eigenvalue weighted by Crippen LogP contribution is -2.27. The summed E-state index contributed by atoms with van der Waals surface area (Å²) < 4.78 is 37.7. The van der Waals surface area contributed by atoms with Gasteiger partial charge < -0.3 is 16.4 Å². The van der Waals surface area contributed by atoms with Crippen LogP contribution in [0.25, 0.3) is 0 Å². The number of anilines is 4. The number of hydrogen-bond donors (Lipinski definition) is 3. The maximum Gasteiger partial charge on any atom is 0.416 e. The first-order valence-electron chi connectivity index (χ1n) is 6.89. The number of nitrogens with two attached hydrogens (primary N) is 1. The molecule has 5 nitrogen and oxygen atoms in total. The Morgan fingerprint density at radius 1 is 0.957 bits per heavy atom.